The summed E-state index contributed by atoms with van der Waals surface area (Å²) in [4.78, 5) is 23.5. The SMILES string of the molecule is O=C(Nc1cc2c(cc1C(=O)O)OCCCO2)OCc1ccccc1. The van der Waals surface area contributed by atoms with Gasteiger partial charge >= 0.3 is 12.1 Å². The van der Waals surface area contributed by atoms with Crippen LogP contribution in [0, 0.1) is 0 Å². The number of carboxylic acids is 1. The lowest BCUT2D eigenvalue weighted by molar-refractivity contribution is 0.0697. The number of carboxylic acid groups (broad SMARTS) is 1. The van der Waals surface area contributed by atoms with E-state index in [-0.39, 0.29) is 17.9 Å². The summed E-state index contributed by atoms with van der Waals surface area (Å²) in [5, 5.41) is 11.8. The molecule has 1 aliphatic heterocycles. The van der Waals surface area contributed by atoms with Gasteiger partial charge < -0.3 is 19.3 Å². The Kier molecular flexibility index (Phi) is 5.03. The lowest BCUT2D eigenvalue weighted by Crippen LogP contribution is -2.16. The zero-order valence-corrected chi connectivity index (χ0v) is 13.4. The van der Waals surface area contributed by atoms with E-state index in [2.05, 4.69) is 5.32 Å². The molecular weight excluding hydrogens is 326 g/mol. The molecule has 0 radical (unpaired) electrons. The van der Waals surface area contributed by atoms with E-state index in [0.29, 0.717) is 31.1 Å². The molecular formula is C18H17NO6. The van der Waals surface area contributed by atoms with Crippen LogP contribution in [0.3, 0.4) is 0 Å². The number of aromatic carboxylic acids is 1. The molecule has 1 heterocycles. The maximum atomic E-state index is 12.0. The smallest absolute Gasteiger partial charge is 0.411 e. The van der Waals surface area contributed by atoms with Crippen LogP contribution in [0.4, 0.5) is 10.5 Å². The van der Waals surface area contributed by atoms with Crippen LogP contribution in [0.1, 0.15) is 22.3 Å². The number of carbonyl (C=O) groups excluding carboxylic acids is 1. The van der Waals surface area contributed by atoms with Crippen molar-refractivity contribution in [2.75, 3.05) is 18.5 Å². The van der Waals surface area contributed by atoms with E-state index < -0.39 is 12.1 Å². The van der Waals surface area contributed by atoms with E-state index in [1.807, 2.05) is 30.3 Å². The van der Waals surface area contributed by atoms with Crippen molar-refractivity contribution in [3.8, 4) is 11.5 Å². The van der Waals surface area contributed by atoms with Gasteiger partial charge in [-0.25, -0.2) is 9.59 Å². The second-order valence-corrected chi connectivity index (χ2v) is 5.39. The second-order valence-electron chi connectivity index (χ2n) is 5.39. The van der Waals surface area contributed by atoms with Crippen LogP contribution in [0.5, 0.6) is 11.5 Å². The maximum absolute atomic E-state index is 12.0. The molecule has 0 saturated heterocycles. The molecule has 0 aliphatic carbocycles. The number of hydrogen-bond acceptors (Lipinski definition) is 5. The van der Waals surface area contributed by atoms with Crippen molar-refractivity contribution in [1.29, 1.82) is 0 Å². The molecule has 2 aromatic rings. The van der Waals surface area contributed by atoms with Crippen molar-refractivity contribution >= 4 is 17.7 Å². The van der Waals surface area contributed by atoms with Gasteiger partial charge in [-0.15, -0.1) is 0 Å². The van der Waals surface area contributed by atoms with Gasteiger partial charge in [0, 0.05) is 18.6 Å². The van der Waals surface area contributed by atoms with Gasteiger partial charge in [0.2, 0.25) is 0 Å². The molecule has 2 N–H and O–H groups in total. The summed E-state index contributed by atoms with van der Waals surface area (Å²) in [6.45, 7) is 0.981. The van der Waals surface area contributed by atoms with E-state index in [1.165, 1.54) is 12.1 Å². The Hall–Kier alpha value is -3.22. The highest BCUT2D eigenvalue weighted by Crippen LogP contribution is 2.35. The summed E-state index contributed by atoms with van der Waals surface area (Å²) in [5.41, 5.74) is 0.825. The number of anilines is 1. The van der Waals surface area contributed by atoms with Crippen LogP contribution in [0.15, 0.2) is 42.5 Å². The Labute approximate surface area is 144 Å². The molecule has 0 aromatic heterocycles. The van der Waals surface area contributed by atoms with Crippen LogP contribution >= 0.6 is 0 Å². The number of ether oxygens (including phenoxy) is 3. The van der Waals surface area contributed by atoms with E-state index in [9.17, 15) is 14.7 Å². The highest BCUT2D eigenvalue weighted by atomic mass is 16.5. The number of nitrogens with one attached hydrogen (secondary N) is 1. The molecule has 130 valence electrons. The average molecular weight is 343 g/mol. The minimum absolute atomic E-state index is 0.0830. The van der Waals surface area contributed by atoms with Crippen molar-refractivity contribution in [3.63, 3.8) is 0 Å². The number of amides is 1. The normalized spacial score (nSPS) is 12.8. The molecule has 1 amide bonds. The highest BCUT2D eigenvalue weighted by Gasteiger charge is 2.20. The zero-order chi connectivity index (χ0) is 17.6. The van der Waals surface area contributed by atoms with Gasteiger partial charge in [0.15, 0.2) is 11.5 Å². The third-order valence-corrected chi connectivity index (χ3v) is 3.57. The quantitative estimate of drug-likeness (QED) is 0.885. The fourth-order valence-corrected chi connectivity index (χ4v) is 2.36. The molecule has 0 bridgehead atoms. The van der Waals surface area contributed by atoms with Crippen molar-refractivity contribution in [2.24, 2.45) is 0 Å². The topological polar surface area (TPSA) is 94.1 Å². The predicted octanol–water partition coefficient (Wildman–Crippen LogP) is 3.29. The molecule has 25 heavy (non-hydrogen) atoms. The molecule has 1 aliphatic rings. The van der Waals surface area contributed by atoms with Crippen LogP contribution in [-0.4, -0.2) is 30.4 Å². The largest absolute Gasteiger partial charge is 0.490 e. The summed E-state index contributed by atoms with van der Waals surface area (Å²) >= 11 is 0. The summed E-state index contributed by atoms with van der Waals surface area (Å²) in [5.74, 6) is -0.451. The molecule has 7 heteroatoms. The van der Waals surface area contributed by atoms with Gasteiger partial charge in [-0.2, -0.15) is 0 Å². The van der Waals surface area contributed by atoms with Crippen molar-refractivity contribution in [3.05, 3.63) is 53.6 Å². The standard InChI is InChI=1S/C18H17NO6/c20-17(21)13-9-15-16(24-8-4-7-23-15)10-14(13)19-18(22)25-11-12-5-2-1-3-6-12/h1-3,5-6,9-10H,4,7-8,11H2,(H,19,22)(H,20,21). The molecule has 0 fully saturated rings. The minimum atomic E-state index is -1.19. The highest BCUT2D eigenvalue weighted by molar-refractivity contribution is 5.99. The third kappa shape index (κ3) is 4.20. The van der Waals surface area contributed by atoms with Crippen LogP contribution < -0.4 is 14.8 Å². The molecule has 0 unspecified atom stereocenters. The third-order valence-electron chi connectivity index (χ3n) is 3.57. The average Bonchev–Trinajstić information content (AvgIpc) is 2.85. The van der Waals surface area contributed by atoms with Gasteiger partial charge in [-0.1, -0.05) is 30.3 Å². The zero-order valence-electron chi connectivity index (χ0n) is 13.4. The van der Waals surface area contributed by atoms with Gasteiger partial charge in [-0.05, 0) is 5.56 Å². The first kappa shape index (κ1) is 16.6. The van der Waals surface area contributed by atoms with Gasteiger partial charge in [0.1, 0.15) is 6.61 Å². The van der Waals surface area contributed by atoms with E-state index in [1.54, 1.807) is 0 Å². The lowest BCUT2D eigenvalue weighted by atomic mass is 10.1. The summed E-state index contributed by atoms with van der Waals surface area (Å²) in [6.07, 6.45) is -0.0558. The maximum Gasteiger partial charge on any atom is 0.411 e. The van der Waals surface area contributed by atoms with Crippen LogP contribution in [0.25, 0.3) is 0 Å². The fourth-order valence-electron chi connectivity index (χ4n) is 2.36. The van der Waals surface area contributed by atoms with E-state index >= 15 is 0 Å². The number of rotatable bonds is 4. The van der Waals surface area contributed by atoms with Crippen molar-refractivity contribution in [1.82, 2.24) is 0 Å². The lowest BCUT2D eigenvalue weighted by Gasteiger charge is -2.13. The Balaban J connectivity index is 1.75. The predicted molar refractivity (Wildman–Crippen MR) is 89.3 cm³/mol. The molecule has 0 saturated carbocycles. The monoisotopic (exact) mass is 343 g/mol. The van der Waals surface area contributed by atoms with Crippen molar-refractivity contribution < 1.29 is 28.9 Å². The van der Waals surface area contributed by atoms with E-state index in [0.717, 1.165) is 5.56 Å². The van der Waals surface area contributed by atoms with Gasteiger partial charge in [0.25, 0.3) is 0 Å². The van der Waals surface area contributed by atoms with Crippen LogP contribution in [0.2, 0.25) is 0 Å². The minimum Gasteiger partial charge on any atom is -0.490 e. The Bertz CT molecular complexity index is 775. The Morgan fingerprint density at radius 3 is 2.44 bits per heavy atom. The Morgan fingerprint density at radius 2 is 1.76 bits per heavy atom. The number of fused-ring (bicyclic) bond motifs is 1. The number of carbonyl (C=O) groups is 2. The molecule has 0 spiro atoms. The first-order valence-electron chi connectivity index (χ1n) is 7.78. The van der Waals surface area contributed by atoms with Crippen molar-refractivity contribution in [2.45, 2.75) is 13.0 Å². The summed E-state index contributed by atoms with van der Waals surface area (Å²) < 4.78 is 16.1. The van der Waals surface area contributed by atoms with Crippen LogP contribution in [-0.2, 0) is 11.3 Å². The first-order valence-corrected chi connectivity index (χ1v) is 7.78. The first-order chi connectivity index (χ1) is 12.1. The van der Waals surface area contributed by atoms with Gasteiger partial charge in [-0.3, -0.25) is 5.32 Å². The Morgan fingerprint density at radius 1 is 1.08 bits per heavy atom. The molecule has 0 atom stereocenters. The summed E-state index contributed by atoms with van der Waals surface area (Å²) in [6, 6.07) is 12.0. The second kappa shape index (κ2) is 7.57. The number of hydrogen-bond donors (Lipinski definition) is 2. The summed E-state index contributed by atoms with van der Waals surface area (Å²) in [7, 11) is 0. The number of benzene rings is 2. The van der Waals surface area contributed by atoms with Gasteiger partial charge in [0.05, 0.1) is 24.5 Å². The molecule has 3 rings (SSSR count). The van der Waals surface area contributed by atoms with E-state index in [4.69, 9.17) is 14.2 Å². The fraction of sp³-hybridized carbons (Fsp3) is 0.222. The molecule has 2 aromatic carbocycles. The molecule has 7 nitrogen and oxygen atoms in total.